The summed E-state index contributed by atoms with van der Waals surface area (Å²) in [4.78, 5) is 1.35. The van der Waals surface area contributed by atoms with Crippen LogP contribution in [0.15, 0.2) is 16.3 Å². The fourth-order valence-electron chi connectivity index (χ4n) is 1.93. The normalized spacial score (nSPS) is 12.5. The zero-order valence-electron chi connectivity index (χ0n) is 12.1. The van der Waals surface area contributed by atoms with Gasteiger partial charge in [-0.3, -0.25) is 0 Å². The van der Waals surface area contributed by atoms with Crippen LogP contribution in [0.4, 0.5) is 0 Å². The van der Waals surface area contributed by atoms with Crippen molar-refractivity contribution in [3.05, 3.63) is 16.3 Å². The maximum Gasteiger partial charge on any atom is 0.244 e. The van der Waals surface area contributed by atoms with Crippen molar-refractivity contribution in [2.45, 2.75) is 51.6 Å². The zero-order valence-corrected chi connectivity index (χ0v) is 13.8. The molecule has 0 aliphatic carbocycles. The SMILES string of the molecule is CCCN(C(C)C)S(=O)(=O)c1ccsc1CNCC. The monoisotopic (exact) mass is 304 g/mol. The molecule has 4 nitrogen and oxygen atoms in total. The van der Waals surface area contributed by atoms with Gasteiger partial charge in [-0.05, 0) is 38.3 Å². The minimum Gasteiger partial charge on any atom is -0.312 e. The number of nitrogens with zero attached hydrogens (tertiary/aromatic N) is 1. The summed E-state index contributed by atoms with van der Waals surface area (Å²) >= 11 is 1.50. The summed E-state index contributed by atoms with van der Waals surface area (Å²) < 4.78 is 27.0. The van der Waals surface area contributed by atoms with Crippen LogP contribution in [0.3, 0.4) is 0 Å². The lowest BCUT2D eigenvalue weighted by Crippen LogP contribution is -2.37. The molecule has 19 heavy (non-hydrogen) atoms. The van der Waals surface area contributed by atoms with Gasteiger partial charge < -0.3 is 5.32 Å². The molecule has 0 aliphatic rings. The molecule has 1 aromatic heterocycles. The summed E-state index contributed by atoms with van der Waals surface area (Å²) in [5, 5.41) is 5.04. The lowest BCUT2D eigenvalue weighted by Gasteiger charge is -2.25. The van der Waals surface area contributed by atoms with E-state index in [1.165, 1.54) is 11.3 Å². The Labute approximate surface area is 120 Å². The predicted molar refractivity (Wildman–Crippen MR) is 81.0 cm³/mol. The van der Waals surface area contributed by atoms with E-state index in [2.05, 4.69) is 5.32 Å². The van der Waals surface area contributed by atoms with Crippen molar-refractivity contribution in [3.63, 3.8) is 0 Å². The number of thiophene rings is 1. The molecule has 0 spiro atoms. The Morgan fingerprint density at radius 3 is 2.58 bits per heavy atom. The first kappa shape index (κ1) is 16.6. The molecule has 0 fully saturated rings. The minimum absolute atomic E-state index is 0.0168. The van der Waals surface area contributed by atoms with Crippen molar-refractivity contribution in [1.82, 2.24) is 9.62 Å². The van der Waals surface area contributed by atoms with Crippen LogP contribution in [0, 0.1) is 0 Å². The average Bonchev–Trinajstić information content (AvgIpc) is 2.81. The summed E-state index contributed by atoms with van der Waals surface area (Å²) in [5.74, 6) is 0. The van der Waals surface area contributed by atoms with Crippen molar-refractivity contribution in [3.8, 4) is 0 Å². The molecule has 0 saturated carbocycles. The Morgan fingerprint density at radius 1 is 1.37 bits per heavy atom. The molecule has 1 heterocycles. The fourth-order valence-corrected chi connectivity index (χ4v) is 5.04. The van der Waals surface area contributed by atoms with E-state index in [0.717, 1.165) is 17.8 Å². The Hall–Kier alpha value is -0.430. The first-order valence-corrected chi connectivity index (χ1v) is 9.06. The maximum absolute atomic E-state index is 12.7. The van der Waals surface area contributed by atoms with Crippen LogP contribution in [-0.4, -0.2) is 31.9 Å². The molecule has 0 saturated heterocycles. The van der Waals surface area contributed by atoms with Gasteiger partial charge >= 0.3 is 0 Å². The van der Waals surface area contributed by atoms with Crippen molar-refractivity contribution < 1.29 is 8.42 Å². The van der Waals surface area contributed by atoms with E-state index in [0.29, 0.717) is 18.0 Å². The maximum atomic E-state index is 12.7. The molecule has 0 radical (unpaired) electrons. The van der Waals surface area contributed by atoms with Gasteiger partial charge in [0.1, 0.15) is 0 Å². The van der Waals surface area contributed by atoms with E-state index in [1.54, 1.807) is 10.4 Å². The first-order valence-electron chi connectivity index (χ1n) is 6.74. The smallest absolute Gasteiger partial charge is 0.244 e. The van der Waals surface area contributed by atoms with Crippen molar-refractivity contribution in [2.24, 2.45) is 0 Å². The Kier molecular flexibility index (Phi) is 6.46. The number of hydrogen-bond donors (Lipinski definition) is 1. The number of hydrogen-bond acceptors (Lipinski definition) is 4. The van der Waals surface area contributed by atoms with Gasteiger partial charge in [-0.2, -0.15) is 4.31 Å². The highest BCUT2D eigenvalue weighted by Gasteiger charge is 2.28. The van der Waals surface area contributed by atoms with Crippen molar-refractivity contribution in [2.75, 3.05) is 13.1 Å². The van der Waals surface area contributed by atoms with Gasteiger partial charge in [-0.25, -0.2) is 8.42 Å². The molecule has 0 atom stereocenters. The second kappa shape index (κ2) is 7.38. The van der Waals surface area contributed by atoms with E-state index < -0.39 is 10.0 Å². The molecule has 1 N–H and O–H groups in total. The molecule has 0 unspecified atom stereocenters. The number of nitrogens with one attached hydrogen (secondary N) is 1. The third kappa shape index (κ3) is 4.02. The second-order valence-corrected chi connectivity index (χ2v) is 7.56. The summed E-state index contributed by atoms with van der Waals surface area (Å²) in [6, 6.07) is 1.70. The van der Waals surface area contributed by atoms with E-state index in [4.69, 9.17) is 0 Å². The van der Waals surface area contributed by atoms with Crippen LogP contribution in [0.5, 0.6) is 0 Å². The van der Waals surface area contributed by atoms with E-state index >= 15 is 0 Å². The van der Waals surface area contributed by atoms with Crippen LogP contribution < -0.4 is 5.32 Å². The lowest BCUT2D eigenvalue weighted by molar-refractivity contribution is 0.354. The van der Waals surface area contributed by atoms with Gasteiger partial charge in [0.25, 0.3) is 0 Å². The standard InChI is InChI=1S/C13H24N2O2S2/c1-5-8-15(11(3)4)19(16,17)13-7-9-18-12(13)10-14-6-2/h7,9,11,14H,5-6,8,10H2,1-4H3. The summed E-state index contributed by atoms with van der Waals surface area (Å²) in [5.41, 5.74) is 0. The van der Waals surface area contributed by atoms with Crippen LogP contribution in [0.2, 0.25) is 0 Å². The second-order valence-electron chi connectivity index (χ2n) is 4.70. The number of sulfonamides is 1. The fraction of sp³-hybridized carbons (Fsp3) is 0.692. The van der Waals surface area contributed by atoms with Crippen molar-refractivity contribution >= 4 is 21.4 Å². The Morgan fingerprint density at radius 2 is 2.05 bits per heavy atom. The van der Waals surface area contributed by atoms with Gasteiger partial charge in [0, 0.05) is 24.0 Å². The molecular formula is C13H24N2O2S2. The summed E-state index contributed by atoms with van der Waals surface area (Å²) in [7, 11) is -3.38. The first-order chi connectivity index (χ1) is 8.95. The topological polar surface area (TPSA) is 49.4 Å². The Bertz CT molecular complexity index is 481. The molecule has 0 aromatic carbocycles. The average molecular weight is 304 g/mol. The third-order valence-electron chi connectivity index (χ3n) is 2.85. The Balaban J connectivity index is 3.07. The lowest BCUT2D eigenvalue weighted by atomic mass is 10.4. The molecule has 0 bridgehead atoms. The molecule has 0 amide bonds. The highest BCUT2D eigenvalue weighted by molar-refractivity contribution is 7.89. The van der Waals surface area contributed by atoms with Gasteiger partial charge in [-0.15, -0.1) is 11.3 Å². The predicted octanol–water partition coefficient (Wildman–Crippen LogP) is 2.67. The number of rotatable bonds is 8. The van der Waals surface area contributed by atoms with Crippen LogP contribution in [0.1, 0.15) is 39.0 Å². The third-order valence-corrected chi connectivity index (χ3v) is 6.06. The highest BCUT2D eigenvalue weighted by atomic mass is 32.2. The molecule has 1 rings (SSSR count). The molecule has 6 heteroatoms. The van der Waals surface area contributed by atoms with Crippen molar-refractivity contribution in [1.29, 1.82) is 0 Å². The minimum atomic E-state index is -3.38. The molecular weight excluding hydrogens is 280 g/mol. The molecule has 1 aromatic rings. The van der Waals surface area contributed by atoms with Gasteiger partial charge in [-0.1, -0.05) is 13.8 Å². The van der Waals surface area contributed by atoms with E-state index in [-0.39, 0.29) is 6.04 Å². The largest absolute Gasteiger partial charge is 0.312 e. The molecule has 0 aliphatic heterocycles. The highest BCUT2D eigenvalue weighted by Crippen LogP contribution is 2.26. The van der Waals surface area contributed by atoms with Crippen LogP contribution >= 0.6 is 11.3 Å². The summed E-state index contributed by atoms with van der Waals surface area (Å²) in [6.07, 6.45) is 0.824. The van der Waals surface area contributed by atoms with Gasteiger partial charge in [0.05, 0.1) is 4.90 Å². The van der Waals surface area contributed by atoms with Crippen LogP contribution in [-0.2, 0) is 16.6 Å². The van der Waals surface area contributed by atoms with Crippen LogP contribution in [0.25, 0.3) is 0 Å². The van der Waals surface area contributed by atoms with E-state index in [9.17, 15) is 8.42 Å². The van der Waals surface area contributed by atoms with E-state index in [1.807, 2.05) is 33.1 Å². The van der Waals surface area contributed by atoms with Gasteiger partial charge in [0.15, 0.2) is 0 Å². The zero-order chi connectivity index (χ0) is 14.5. The quantitative estimate of drug-likeness (QED) is 0.803. The van der Waals surface area contributed by atoms with Gasteiger partial charge in [0.2, 0.25) is 10.0 Å². The summed E-state index contributed by atoms with van der Waals surface area (Å²) in [6.45, 7) is 9.86. The molecule has 110 valence electrons.